The molecular formula is C16H20FNO3. The van der Waals surface area contributed by atoms with Crippen LogP contribution in [0.2, 0.25) is 0 Å². The lowest BCUT2D eigenvalue weighted by Gasteiger charge is -2.18. The summed E-state index contributed by atoms with van der Waals surface area (Å²) in [4.78, 5) is 25.0. The van der Waals surface area contributed by atoms with Crippen molar-refractivity contribution in [2.75, 3.05) is 13.6 Å². The number of carbonyl (C=O) groups excluding carboxylic acids is 1. The monoisotopic (exact) mass is 293 g/mol. The van der Waals surface area contributed by atoms with Gasteiger partial charge in [0.2, 0.25) is 5.91 Å². The van der Waals surface area contributed by atoms with Crippen LogP contribution in [0.5, 0.6) is 0 Å². The van der Waals surface area contributed by atoms with E-state index in [4.69, 9.17) is 5.11 Å². The van der Waals surface area contributed by atoms with Crippen molar-refractivity contribution in [1.29, 1.82) is 0 Å². The van der Waals surface area contributed by atoms with E-state index in [-0.39, 0.29) is 11.7 Å². The zero-order valence-electron chi connectivity index (χ0n) is 12.5. The molecule has 1 aromatic carbocycles. The maximum absolute atomic E-state index is 12.8. The highest BCUT2D eigenvalue weighted by Gasteiger charge is 2.66. The average Bonchev–Trinajstić information content (AvgIpc) is 3.00. The lowest BCUT2D eigenvalue weighted by Crippen LogP contribution is -2.31. The summed E-state index contributed by atoms with van der Waals surface area (Å²) in [6.45, 7) is 4.10. The van der Waals surface area contributed by atoms with E-state index in [1.807, 2.05) is 13.8 Å². The summed E-state index contributed by atoms with van der Waals surface area (Å²) in [5.41, 5.74) is 0.466. The van der Waals surface area contributed by atoms with Crippen molar-refractivity contribution in [3.63, 3.8) is 0 Å². The first-order valence-electron chi connectivity index (χ1n) is 6.97. The molecule has 21 heavy (non-hydrogen) atoms. The van der Waals surface area contributed by atoms with Gasteiger partial charge in [-0.15, -0.1) is 0 Å². The van der Waals surface area contributed by atoms with Crippen LogP contribution in [0, 0.1) is 23.1 Å². The molecule has 0 radical (unpaired) electrons. The Labute approximate surface area is 123 Å². The van der Waals surface area contributed by atoms with Gasteiger partial charge in [-0.25, -0.2) is 4.39 Å². The largest absolute Gasteiger partial charge is 0.481 e. The van der Waals surface area contributed by atoms with E-state index in [0.29, 0.717) is 13.0 Å². The van der Waals surface area contributed by atoms with Gasteiger partial charge in [0.05, 0.1) is 11.8 Å². The van der Waals surface area contributed by atoms with Gasteiger partial charge >= 0.3 is 5.97 Å². The average molecular weight is 293 g/mol. The number of carbonyl (C=O) groups is 2. The lowest BCUT2D eigenvalue weighted by atomic mass is 10.1. The molecule has 0 heterocycles. The molecule has 5 heteroatoms. The molecule has 2 rings (SSSR count). The predicted molar refractivity (Wildman–Crippen MR) is 76.1 cm³/mol. The van der Waals surface area contributed by atoms with Gasteiger partial charge < -0.3 is 10.0 Å². The van der Waals surface area contributed by atoms with Crippen LogP contribution in [-0.2, 0) is 16.0 Å². The third-order valence-electron chi connectivity index (χ3n) is 4.38. The van der Waals surface area contributed by atoms with Crippen LogP contribution in [0.15, 0.2) is 24.3 Å². The first-order chi connectivity index (χ1) is 9.75. The second-order valence-electron chi connectivity index (χ2n) is 6.25. The Morgan fingerprint density at radius 2 is 1.81 bits per heavy atom. The Morgan fingerprint density at radius 3 is 2.29 bits per heavy atom. The van der Waals surface area contributed by atoms with Crippen molar-refractivity contribution < 1.29 is 19.1 Å². The highest BCUT2D eigenvalue weighted by molar-refractivity contribution is 5.91. The van der Waals surface area contributed by atoms with E-state index in [1.54, 1.807) is 24.1 Å². The molecule has 1 aromatic rings. The molecule has 0 aromatic heterocycles. The summed E-state index contributed by atoms with van der Waals surface area (Å²) in [6.07, 6.45) is 0.618. The number of carboxylic acids is 1. The number of nitrogens with zero attached hydrogens (tertiary/aromatic N) is 1. The molecule has 114 valence electrons. The lowest BCUT2D eigenvalue weighted by molar-refractivity contribution is -0.141. The second kappa shape index (κ2) is 5.47. The Morgan fingerprint density at radius 1 is 1.24 bits per heavy atom. The molecule has 1 aliphatic rings. The van der Waals surface area contributed by atoms with Crippen LogP contribution in [-0.4, -0.2) is 35.5 Å². The molecule has 4 nitrogen and oxygen atoms in total. The van der Waals surface area contributed by atoms with E-state index >= 15 is 0 Å². The SMILES string of the molecule is CN(CCc1ccc(F)cc1)C(=O)[C@@H]1[C@H](C(=O)O)C1(C)C. The highest BCUT2D eigenvalue weighted by atomic mass is 19.1. The van der Waals surface area contributed by atoms with Gasteiger partial charge in [0.15, 0.2) is 0 Å². The molecule has 0 saturated heterocycles. The fourth-order valence-electron chi connectivity index (χ4n) is 2.86. The molecule has 1 aliphatic carbocycles. The van der Waals surface area contributed by atoms with Crippen LogP contribution in [0.1, 0.15) is 19.4 Å². The fourth-order valence-corrected chi connectivity index (χ4v) is 2.86. The molecular weight excluding hydrogens is 273 g/mol. The van der Waals surface area contributed by atoms with Crippen molar-refractivity contribution in [2.45, 2.75) is 20.3 Å². The number of likely N-dealkylation sites (N-methyl/N-ethyl adjacent to an activating group) is 1. The van der Waals surface area contributed by atoms with Crippen molar-refractivity contribution >= 4 is 11.9 Å². The topological polar surface area (TPSA) is 57.6 Å². The number of halogens is 1. The van der Waals surface area contributed by atoms with E-state index in [1.165, 1.54) is 12.1 Å². The third-order valence-corrected chi connectivity index (χ3v) is 4.38. The summed E-state index contributed by atoms with van der Waals surface area (Å²) in [5.74, 6) is -2.38. The second-order valence-corrected chi connectivity index (χ2v) is 6.25. The van der Waals surface area contributed by atoms with Gasteiger partial charge in [0.1, 0.15) is 5.82 Å². The van der Waals surface area contributed by atoms with Gasteiger partial charge in [0, 0.05) is 13.6 Å². The van der Waals surface area contributed by atoms with Crippen molar-refractivity contribution in [3.8, 4) is 0 Å². The summed E-state index contributed by atoms with van der Waals surface area (Å²) in [6, 6.07) is 6.16. The summed E-state index contributed by atoms with van der Waals surface area (Å²) in [5, 5.41) is 9.12. The zero-order valence-corrected chi connectivity index (χ0v) is 12.5. The molecule has 1 saturated carbocycles. The van der Waals surface area contributed by atoms with Crippen LogP contribution in [0.25, 0.3) is 0 Å². The Bertz CT molecular complexity index is 553. The normalized spacial score (nSPS) is 22.7. The van der Waals surface area contributed by atoms with Gasteiger partial charge in [-0.1, -0.05) is 26.0 Å². The number of rotatable bonds is 5. The number of hydrogen-bond acceptors (Lipinski definition) is 2. The minimum Gasteiger partial charge on any atom is -0.481 e. The number of aliphatic carboxylic acids is 1. The standard InChI is InChI=1S/C16H20FNO3/c1-16(2)12(13(16)15(20)21)14(19)18(3)9-8-10-4-6-11(17)7-5-10/h4-7,12-13H,8-9H2,1-3H3,(H,20,21)/t12-,13+/m0/s1. The molecule has 1 amide bonds. The van der Waals surface area contributed by atoms with Crippen molar-refractivity contribution in [1.82, 2.24) is 4.90 Å². The number of amides is 1. The highest BCUT2D eigenvalue weighted by Crippen LogP contribution is 2.58. The predicted octanol–water partition coefficient (Wildman–Crippen LogP) is 2.18. The molecule has 0 aliphatic heterocycles. The summed E-state index contributed by atoms with van der Waals surface area (Å²) < 4.78 is 12.8. The summed E-state index contributed by atoms with van der Waals surface area (Å²) in [7, 11) is 1.68. The van der Waals surface area contributed by atoms with Crippen LogP contribution in [0.3, 0.4) is 0 Å². The van der Waals surface area contributed by atoms with Crippen molar-refractivity contribution in [3.05, 3.63) is 35.6 Å². The number of benzene rings is 1. The van der Waals surface area contributed by atoms with Crippen LogP contribution in [0.4, 0.5) is 4.39 Å². The molecule has 1 fully saturated rings. The van der Waals surface area contributed by atoms with Gasteiger partial charge in [-0.2, -0.15) is 0 Å². The first-order valence-corrected chi connectivity index (χ1v) is 6.97. The van der Waals surface area contributed by atoms with E-state index in [2.05, 4.69) is 0 Å². The van der Waals surface area contributed by atoms with Gasteiger partial charge in [-0.3, -0.25) is 9.59 Å². The molecule has 0 unspecified atom stereocenters. The number of hydrogen-bond donors (Lipinski definition) is 1. The summed E-state index contributed by atoms with van der Waals surface area (Å²) >= 11 is 0. The van der Waals surface area contributed by atoms with E-state index in [0.717, 1.165) is 5.56 Å². The fraction of sp³-hybridized carbons (Fsp3) is 0.500. The van der Waals surface area contributed by atoms with Crippen LogP contribution < -0.4 is 0 Å². The van der Waals surface area contributed by atoms with E-state index in [9.17, 15) is 14.0 Å². The molecule has 2 atom stereocenters. The molecule has 0 bridgehead atoms. The maximum atomic E-state index is 12.8. The maximum Gasteiger partial charge on any atom is 0.307 e. The molecule has 0 spiro atoms. The zero-order chi connectivity index (χ0) is 15.8. The Hall–Kier alpha value is -1.91. The van der Waals surface area contributed by atoms with Crippen LogP contribution >= 0.6 is 0 Å². The van der Waals surface area contributed by atoms with E-state index < -0.39 is 23.2 Å². The molecule has 1 N–H and O–H groups in total. The Kier molecular flexibility index (Phi) is 4.03. The quantitative estimate of drug-likeness (QED) is 0.905. The Balaban J connectivity index is 1.92. The minimum absolute atomic E-state index is 0.130. The smallest absolute Gasteiger partial charge is 0.307 e. The number of carboxylic acid groups (broad SMARTS) is 1. The first kappa shape index (κ1) is 15.5. The van der Waals surface area contributed by atoms with Gasteiger partial charge in [0.25, 0.3) is 0 Å². The minimum atomic E-state index is -0.912. The van der Waals surface area contributed by atoms with Gasteiger partial charge in [-0.05, 0) is 29.5 Å². The third kappa shape index (κ3) is 3.06. The van der Waals surface area contributed by atoms with Crippen molar-refractivity contribution in [2.24, 2.45) is 17.3 Å².